The van der Waals surface area contributed by atoms with E-state index in [4.69, 9.17) is 9.47 Å². The second-order valence-corrected chi connectivity index (χ2v) is 4.78. The van der Waals surface area contributed by atoms with Crippen LogP contribution in [-0.4, -0.2) is 51.6 Å². The Hall–Kier alpha value is -0.160. The van der Waals surface area contributed by atoms with E-state index in [1.54, 1.807) is 0 Å². The molecule has 1 heterocycles. The average Bonchev–Trinajstić information content (AvgIpc) is 2.35. The van der Waals surface area contributed by atoms with Gasteiger partial charge in [0, 0.05) is 31.8 Å². The zero-order chi connectivity index (χ0) is 12.3. The Labute approximate surface area is 105 Å². The molecule has 0 saturated carbocycles. The lowest BCUT2D eigenvalue weighted by Crippen LogP contribution is -2.45. The van der Waals surface area contributed by atoms with Crippen LogP contribution in [0.4, 0.5) is 0 Å². The lowest BCUT2D eigenvalue weighted by atomic mass is 10.1. The smallest absolute Gasteiger partial charge is 0.0620 e. The summed E-state index contributed by atoms with van der Waals surface area (Å²) in [4.78, 5) is 0. The molecule has 0 amide bonds. The molecule has 0 aromatic rings. The fourth-order valence-corrected chi connectivity index (χ4v) is 2.05. The molecule has 1 fully saturated rings. The van der Waals surface area contributed by atoms with E-state index in [2.05, 4.69) is 24.5 Å². The first-order chi connectivity index (χ1) is 8.33. The summed E-state index contributed by atoms with van der Waals surface area (Å²) < 4.78 is 10.9. The Morgan fingerprint density at radius 1 is 1.47 bits per heavy atom. The predicted octanol–water partition coefficient (Wildman–Crippen LogP) is 1.16. The fourth-order valence-electron chi connectivity index (χ4n) is 2.05. The van der Waals surface area contributed by atoms with Crippen LogP contribution in [0.1, 0.15) is 33.1 Å². The highest BCUT2D eigenvalue weighted by molar-refractivity contribution is 4.75. The first-order valence-electron chi connectivity index (χ1n) is 6.95. The van der Waals surface area contributed by atoms with Gasteiger partial charge in [0.15, 0.2) is 0 Å². The van der Waals surface area contributed by atoms with E-state index in [-0.39, 0.29) is 0 Å². The van der Waals surface area contributed by atoms with E-state index >= 15 is 0 Å². The highest BCUT2D eigenvalue weighted by Gasteiger charge is 2.15. The maximum Gasteiger partial charge on any atom is 0.0620 e. The molecule has 1 aliphatic rings. The number of hydrogen-bond donors (Lipinski definition) is 2. The first kappa shape index (κ1) is 14.9. The van der Waals surface area contributed by atoms with Crippen LogP contribution in [0.15, 0.2) is 0 Å². The van der Waals surface area contributed by atoms with Crippen LogP contribution in [0.3, 0.4) is 0 Å². The van der Waals surface area contributed by atoms with Crippen LogP contribution in [0, 0.1) is 0 Å². The van der Waals surface area contributed by atoms with E-state index in [9.17, 15) is 0 Å². The summed E-state index contributed by atoms with van der Waals surface area (Å²) >= 11 is 0. The minimum absolute atomic E-state index is 0.516. The van der Waals surface area contributed by atoms with E-state index in [1.807, 2.05) is 0 Å². The monoisotopic (exact) mass is 244 g/mol. The van der Waals surface area contributed by atoms with Gasteiger partial charge in [-0.1, -0.05) is 6.92 Å². The molecule has 1 saturated heterocycles. The summed E-state index contributed by atoms with van der Waals surface area (Å²) in [6, 6.07) is 1.06. The topological polar surface area (TPSA) is 42.5 Å². The van der Waals surface area contributed by atoms with Gasteiger partial charge in [-0.25, -0.2) is 0 Å². The van der Waals surface area contributed by atoms with Crippen LogP contribution in [0.5, 0.6) is 0 Å². The van der Waals surface area contributed by atoms with Crippen molar-refractivity contribution in [2.24, 2.45) is 0 Å². The lowest BCUT2D eigenvalue weighted by molar-refractivity contribution is 0.0710. The van der Waals surface area contributed by atoms with Gasteiger partial charge >= 0.3 is 0 Å². The fraction of sp³-hybridized carbons (Fsp3) is 1.00. The molecule has 1 aliphatic heterocycles. The van der Waals surface area contributed by atoms with Crippen molar-refractivity contribution in [3.63, 3.8) is 0 Å². The molecule has 2 unspecified atom stereocenters. The second kappa shape index (κ2) is 9.83. The van der Waals surface area contributed by atoms with Crippen molar-refractivity contribution < 1.29 is 9.47 Å². The van der Waals surface area contributed by atoms with Crippen molar-refractivity contribution in [3.8, 4) is 0 Å². The first-order valence-corrected chi connectivity index (χ1v) is 6.95. The summed E-state index contributed by atoms with van der Waals surface area (Å²) in [5.41, 5.74) is 0. The standard InChI is InChI=1S/C13H28N2O2/c1-3-7-16-8-4-5-14-12(2)10-13-11-17-9-6-15-13/h12-15H,3-11H2,1-2H3. The van der Waals surface area contributed by atoms with Crippen LogP contribution in [-0.2, 0) is 9.47 Å². The van der Waals surface area contributed by atoms with Gasteiger partial charge in [0.25, 0.3) is 0 Å². The van der Waals surface area contributed by atoms with E-state index in [0.717, 1.165) is 58.8 Å². The van der Waals surface area contributed by atoms with Gasteiger partial charge in [0.05, 0.1) is 13.2 Å². The number of morpholine rings is 1. The summed E-state index contributed by atoms with van der Waals surface area (Å²) in [6.45, 7) is 9.87. The second-order valence-electron chi connectivity index (χ2n) is 4.78. The predicted molar refractivity (Wildman–Crippen MR) is 70.4 cm³/mol. The number of ether oxygens (including phenoxy) is 2. The van der Waals surface area contributed by atoms with Crippen molar-refractivity contribution in [2.75, 3.05) is 39.5 Å². The van der Waals surface area contributed by atoms with Gasteiger partial charge in [-0.3, -0.25) is 0 Å². The third kappa shape index (κ3) is 7.71. The van der Waals surface area contributed by atoms with E-state index in [0.29, 0.717) is 12.1 Å². The normalized spacial score (nSPS) is 22.6. The molecule has 0 aromatic carbocycles. The van der Waals surface area contributed by atoms with Crippen molar-refractivity contribution in [1.82, 2.24) is 10.6 Å². The van der Waals surface area contributed by atoms with Crippen LogP contribution < -0.4 is 10.6 Å². The SMILES string of the molecule is CCCOCCCNC(C)CC1COCCN1. The summed E-state index contributed by atoms with van der Waals surface area (Å²) in [5.74, 6) is 0. The molecule has 0 bridgehead atoms. The minimum atomic E-state index is 0.516. The molecule has 102 valence electrons. The molecule has 0 spiro atoms. The average molecular weight is 244 g/mol. The zero-order valence-electron chi connectivity index (χ0n) is 11.3. The Kier molecular flexibility index (Phi) is 8.61. The molecular formula is C13H28N2O2. The highest BCUT2D eigenvalue weighted by Crippen LogP contribution is 2.02. The third-order valence-corrected chi connectivity index (χ3v) is 2.94. The van der Waals surface area contributed by atoms with Crippen LogP contribution in [0.25, 0.3) is 0 Å². The summed E-state index contributed by atoms with van der Waals surface area (Å²) in [7, 11) is 0. The van der Waals surface area contributed by atoms with E-state index < -0.39 is 0 Å². The molecule has 0 aromatic heterocycles. The maximum atomic E-state index is 5.44. The molecule has 0 radical (unpaired) electrons. The number of nitrogens with one attached hydrogen (secondary N) is 2. The summed E-state index contributed by atoms with van der Waals surface area (Å²) in [6.07, 6.45) is 3.34. The third-order valence-electron chi connectivity index (χ3n) is 2.94. The molecular weight excluding hydrogens is 216 g/mol. The van der Waals surface area contributed by atoms with Gasteiger partial charge in [0.1, 0.15) is 0 Å². The van der Waals surface area contributed by atoms with Crippen molar-refractivity contribution in [3.05, 3.63) is 0 Å². The van der Waals surface area contributed by atoms with Crippen LogP contribution >= 0.6 is 0 Å². The van der Waals surface area contributed by atoms with Gasteiger partial charge in [-0.05, 0) is 32.7 Å². The zero-order valence-corrected chi connectivity index (χ0v) is 11.3. The highest BCUT2D eigenvalue weighted by atomic mass is 16.5. The van der Waals surface area contributed by atoms with Gasteiger partial charge in [-0.2, -0.15) is 0 Å². The molecule has 4 heteroatoms. The Bertz CT molecular complexity index is 173. The number of rotatable bonds is 9. The molecule has 2 atom stereocenters. The lowest BCUT2D eigenvalue weighted by Gasteiger charge is -2.26. The number of hydrogen-bond acceptors (Lipinski definition) is 4. The van der Waals surface area contributed by atoms with Crippen molar-refractivity contribution in [2.45, 2.75) is 45.2 Å². The van der Waals surface area contributed by atoms with Crippen molar-refractivity contribution >= 4 is 0 Å². The molecule has 0 aliphatic carbocycles. The van der Waals surface area contributed by atoms with Gasteiger partial charge < -0.3 is 20.1 Å². The van der Waals surface area contributed by atoms with Crippen LogP contribution in [0.2, 0.25) is 0 Å². The molecule has 17 heavy (non-hydrogen) atoms. The molecule has 4 nitrogen and oxygen atoms in total. The summed E-state index contributed by atoms with van der Waals surface area (Å²) in [5, 5.41) is 7.01. The maximum absolute atomic E-state index is 5.44. The van der Waals surface area contributed by atoms with Crippen molar-refractivity contribution in [1.29, 1.82) is 0 Å². The molecule has 1 rings (SSSR count). The Morgan fingerprint density at radius 3 is 3.06 bits per heavy atom. The largest absolute Gasteiger partial charge is 0.381 e. The Morgan fingerprint density at radius 2 is 2.35 bits per heavy atom. The minimum Gasteiger partial charge on any atom is -0.381 e. The molecule has 2 N–H and O–H groups in total. The quantitative estimate of drug-likeness (QED) is 0.597. The Balaban J connectivity index is 1.91. The van der Waals surface area contributed by atoms with Gasteiger partial charge in [0.2, 0.25) is 0 Å². The van der Waals surface area contributed by atoms with Gasteiger partial charge in [-0.15, -0.1) is 0 Å². The van der Waals surface area contributed by atoms with E-state index in [1.165, 1.54) is 0 Å².